The zero-order chi connectivity index (χ0) is 23.9. The molecule has 0 radical (unpaired) electrons. The number of halogens is 1. The first kappa shape index (κ1) is 23.6. The number of carbonyl (C=O) groups excluding carboxylic acids is 4. The Balaban J connectivity index is 1.55. The highest BCUT2D eigenvalue weighted by molar-refractivity contribution is 7.94. The third-order valence-corrected chi connectivity index (χ3v) is 8.70. The lowest BCUT2D eigenvalue weighted by Crippen LogP contribution is -2.63. The zero-order valence-corrected chi connectivity index (χ0v) is 19.5. The second-order valence-electron chi connectivity index (χ2n) is 7.87. The Hall–Kier alpha value is -2.56. The minimum absolute atomic E-state index is 0.123. The molecule has 6 atom stereocenters. The van der Waals surface area contributed by atoms with Crippen molar-refractivity contribution in [2.75, 3.05) is 12.9 Å². The fourth-order valence-corrected chi connectivity index (χ4v) is 6.52. The predicted octanol–water partition coefficient (Wildman–Crippen LogP) is 1.82. The van der Waals surface area contributed by atoms with Gasteiger partial charge in [-0.25, -0.2) is 14.4 Å². The first-order valence-electron chi connectivity index (χ1n) is 10.4. The van der Waals surface area contributed by atoms with E-state index < -0.39 is 57.6 Å². The maximum Gasteiger partial charge on any atom is 0.342 e. The molecule has 3 heterocycles. The van der Waals surface area contributed by atoms with Crippen LogP contribution in [0, 0.1) is 5.92 Å². The second kappa shape index (κ2) is 9.00. The number of β-lactam (4-membered cyclic amide) rings is 1. The zero-order valence-electron chi connectivity index (χ0n) is 17.9. The van der Waals surface area contributed by atoms with Gasteiger partial charge in [-0.3, -0.25) is 4.79 Å². The van der Waals surface area contributed by atoms with E-state index >= 15 is 0 Å². The average molecular weight is 496 g/mol. The first-order valence-corrected chi connectivity index (χ1v) is 12.1. The number of rotatable bonds is 7. The number of hydrogen-bond acceptors (Lipinski definition) is 8. The van der Waals surface area contributed by atoms with Crippen LogP contribution in [-0.2, 0) is 39.8 Å². The van der Waals surface area contributed by atoms with E-state index in [0.29, 0.717) is 5.56 Å². The van der Waals surface area contributed by atoms with Crippen molar-refractivity contribution < 1.29 is 37.9 Å². The van der Waals surface area contributed by atoms with Crippen molar-refractivity contribution in [3.63, 3.8) is 0 Å². The van der Waals surface area contributed by atoms with Crippen molar-refractivity contribution in [3.8, 4) is 0 Å². The van der Waals surface area contributed by atoms with Crippen LogP contribution in [0.25, 0.3) is 0 Å². The van der Waals surface area contributed by atoms with Crippen molar-refractivity contribution >= 4 is 46.6 Å². The number of cyclic esters (lactones) is 1. The van der Waals surface area contributed by atoms with Gasteiger partial charge in [0.2, 0.25) is 10.1 Å². The van der Waals surface area contributed by atoms with Crippen LogP contribution in [-0.4, -0.2) is 62.4 Å². The maximum absolute atomic E-state index is 13.2. The molecule has 0 N–H and O–H groups in total. The van der Waals surface area contributed by atoms with Gasteiger partial charge in [-0.15, -0.1) is 0 Å². The largest absolute Gasteiger partial charge is 0.615 e. The van der Waals surface area contributed by atoms with E-state index in [1.54, 1.807) is 31.2 Å². The Morgan fingerprint density at radius 2 is 2.09 bits per heavy atom. The summed E-state index contributed by atoms with van der Waals surface area (Å²) >= 11 is 5.12. The molecule has 3 aliphatic heterocycles. The highest BCUT2D eigenvalue weighted by Gasteiger charge is 2.70. The SMILES string of the molecule is CC[S+]([O-])C1(Cl)CC2C(CC=CC(=O)OC)C(=O)N2C1C(=O)OC1OC(=O)c2ccccc21. The van der Waals surface area contributed by atoms with Gasteiger partial charge in [-0.2, -0.15) is 0 Å². The van der Waals surface area contributed by atoms with Gasteiger partial charge in [0.05, 0.1) is 24.6 Å². The molecule has 1 aromatic carbocycles. The number of allylic oxidation sites excluding steroid dienone is 1. The van der Waals surface area contributed by atoms with E-state index in [4.69, 9.17) is 21.1 Å². The van der Waals surface area contributed by atoms with Gasteiger partial charge in [0.15, 0.2) is 6.04 Å². The lowest BCUT2D eigenvalue weighted by atomic mass is 9.85. The number of hydrogen-bond donors (Lipinski definition) is 0. The van der Waals surface area contributed by atoms with E-state index in [0.717, 1.165) is 0 Å². The molecule has 2 saturated heterocycles. The maximum atomic E-state index is 13.2. The Labute approximate surface area is 198 Å². The van der Waals surface area contributed by atoms with Crippen LogP contribution in [0.5, 0.6) is 0 Å². The summed E-state index contributed by atoms with van der Waals surface area (Å²) in [6.45, 7) is 1.67. The molecule has 0 spiro atoms. The molecule has 0 bridgehead atoms. The molecule has 6 unspecified atom stereocenters. The van der Waals surface area contributed by atoms with Crippen molar-refractivity contribution in [3.05, 3.63) is 47.5 Å². The van der Waals surface area contributed by atoms with Gasteiger partial charge >= 0.3 is 17.9 Å². The topological polar surface area (TPSA) is 122 Å². The van der Waals surface area contributed by atoms with Gasteiger partial charge < -0.3 is 23.7 Å². The van der Waals surface area contributed by atoms with Gasteiger partial charge in [0.1, 0.15) is 5.75 Å². The summed E-state index contributed by atoms with van der Waals surface area (Å²) in [5, 5.41) is 0. The quantitative estimate of drug-likeness (QED) is 0.184. The summed E-state index contributed by atoms with van der Waals surface area (Å²) in [4.78, 5) is 50.8. The number of amides is 1. The van der Waals surface area contributed by atoms with Crippen molar-refractivity contribution in [2.45, 2.75) is 42.3 Å². The minimum Gasteiger partial charge on any atom is -0.615 e. The molecule has 176 valence electrons. The third kappa shape index (κ3) is 3.89. The monoisotopic (exact) mass is 495 g/mol. The minimum atomic E-state index is -1.65. The van der Waals surface area contributed by atoms with E-state index in [1.807, 2.05) is 0 Å². The molecule has 11 heteroatoms. The molecule has 1 aromatic rings. The molecule has 33 heavy (non-hydrogen) atoms. The van der Waals surface area contributed by atoms with Crippen LogP contribution in [0.3, 0.4) is 0 Å². The predicted molar refractivity (Wildman–Crippen MR) is 116 cm³/mol. The van der Waals surface area contributed by atoms with Gasteiger partial charge in [0, 0.05) is 18.1 Å². The van der Waals surface area contributed by atoms with E-state index in [9.17, 15) is 23.7 Å². The Bertz CT molecular complexity index is 1030. The molecule has 4 rings (SSSR count). The average Bonchev–Trinajstić information content (AvgIpc) is 3.28. The van der Waals surface area contributed by atoms with Crippen LogP contribution in [0.1, 0.15) is 42.0 Å². The summed E-state index contributed by atoms with van der Waals surface area (Å²) in [5.41, 5.74) is 0.675. The third-order valence-electron chi connectivity index (χ3n) is 6.15. The number of methoxy groups -OCH3 is 1. The Morgan fingerprint density at radius 3 is 2.79 bits per heavy atom. The molecular formula is C22H22ClNO8S. The Morgan fingerprint density at radius 1 is 1.36 bits per heavy atom. The summed E-state index contributed by atoms with van der Waals surface area (Å²) in [6, 6.07) is 4.75. The summed E-state index contributed by atoms with van der Waals surface area (Å²) in [5.74, 6) is -2.75. The van der Waals surface area contributed by atoms with Crippen LogP contribution >= 0.6 is 11.6 Å². The lowest BCUT2D eigenvalue weighted by Gasteiger charge is -2.44. The van der Waals surface area contributed by atoms with Crippen LogP contribution < -0.4 is 0 Å². The summed E-state index contributed by atoms with van der Waals surface area (Å²) in [7, 11) is 1.25. The smallest absolute Gasteiger partial charge is 0.342 e. The number of benzene rings is 1. The lowest BCUT2D eigenvalue weighted by molar-refractivity contribution is -0.181. The van der Waals surface area contributed by atoms with E-state index in [2.05, 4.69) is 4.74 Å². The summed E-state index contributed by atoms with van der Waals surface area (Å²) in [6.07, 6.45) is 1.85. The molecule has 3 aliphatic rings. The fraction of sp³-hybridized carbons (Fsp3) is 0.455. The number of alkyl halides is 1. The highest BCUT2D eigenvalue weighted by atomic mass is 35.5. The number of esters is 3. The second-order valence-corrected chi connectivity index (χ2v) is 10.8. The standard InChI is InChI=1S/C22H22ClNO8S/c1-3-33(29)22(23)11-15-14(9-6-10-16(25)30-2)18(26)24(15)17(22)20(28)32-21-13-8-5-4-7-12(13)19(27)31-21/h4-8,10,14-15,17,21H,3,9,11H2,1-2H3. The molecule has 2 fully saturated rings. The molecule has 0 aliphatic carbocycles. The van der Waals surface area contributed by atoms with Crippen LogP contribution in [0.2, 0.25) is 0 Å². The molecule has 0 saturated carbocycles. The molecule has 9 nitrogen and oxygen atoms in total. The molecule has 1 amide bonds. The fourth-order valence-electron chi connectivity index (χ4n) is 4.55. The molecule has 0 aromatic heterocycles. The Kier molecular flexibility index (Phi) is 6.43. The highest BCUT2D eigenvalue weighted by Crippen LogP contribution is 2.52. The molecular weight excluding hydrogens is 474 g/mol. The first-order chi connectivity index (χ1) is 15.7. The van der Waals surface area contributed by atoms with E-state index in [1.165, 1.54) is 24.2 Å². The number of fused-ring (bicyclic) bond motifs is 2. The van der Waals surface area contributed by atoms with Crippen molar-refractivity contribution in [2.24, 2.45) is 5.92 Å². The van der Waals surface area contributed by atoms with Crippen molar-refractivity contribution in [1.82, 2.24) is 4.90 Å². The van der Waals surface area contributed by atoms with Crippen molar-refractivity contribution in [1.29, 1.82) is 0 Å². The number of carbonyl (C=O) groups is 4. The van der Waals surface area contributed by atoms with Gasteiger partial charge in [-0.1, -0.05) is 35.9 Å². The van der Waals surface area contributed by atoms with Gasteiger partial charge in [0.25, 0.3) is 6.29 Å². The number of ether oxygens (including phenoxy) is 3. The van der Waals surface area contributed by atoms with Gasteiger partial charge in [-0.05, 0) is 30.6 Å². The van der Waals surface area contributed by atoms with Crippen LogP contribution in [0.15, 0.2) is 36.4 Å². The summed E-state index contributed by atoms with van der Waals surface area (Å²) < 4.78 is 26.5. The van der Waals surface area contributed by atoms with Crippen LogP contribution in [0.4, 0.5) is 0 Å². The van der Waals surface area contributed by atoms with E-state index in [-0.39, 0.29) is 30.1 Å². The number of nitrogens with zero attached hydrogens (tertiary/aromatic N) is 1. The normalized spacial score (nSPS) is 31.0.